The maximum absolute atomic E-state index is 13.4. The van der Waals surface area contributed by atoms with Crippen LogP contribution in [0.2, 0.25) is 0 Å². The Morgan fingerprint density at radius 1 is 0.714 bits per heavy atom. The van der Waals surface area contributed by atoms with Crippen LogP contribution in [0.5, 0.6) is 0 Å². The highest BCUT2D eigenvalue weighted by Crippen LogP contribution is 2.30. The van der Waals surface area contributed by atoms with Gasteiger partial charge in [-0.05, 0) is 55.5 Å². The molecule has 7 heteroatoms. The largest absolute Gasteiger partial charge is 0.324 e. The van der Waals surface area contributed by atoms with E-state index < -0.39 is 0 Å². The predicted molar refractivity (Wildman–Crippen MR) is 171 cm³/mol. The number of benzene rings is 5. The van der Waals surface area contributed by atoms with Crippen LogP contribution in [-0.4, -0.2) is 21.7 Å². The second kappa shape index (κ2) is 11.8. The zero-order valence-electron chi connectivity index (χ0n) is 22.6. The van der Waals surface area contributed by atoms with Gasteiger partial charge in [-0.1, -0.05) is 94.3 Å². The average Bonchev–Trinajstić information content (AvgIpc) is 3.02. The molecule has 0 fully saturated rings. The number of aromatic nitrogens is 2. The van der Waals surface area contributed by atoms with Crippen molar-refractivity contribution in [1.82, 2.24) is 9.97 Å². The van der Waals surface area contributed by atoms with Gasteiger partial charge in [-0.15, -0.1) is 0 Å². The molecule has 5 aromatic carbocycles. The Balaban J connectivity index is 1.29. The summed E-state index contributed by atoms with van der Waals surface area (Å²) in [5.41, 5.74) is 6.01. The van der Waals surface area contributed by atoms with Crippen LogP contribution in [0.25, 0.3) is 22.2 Å². The molecule has 0 radical (unpaired) electrons. The SMILES string of the molecule is Cc1ccc(NC(=O)c2cccc(Nc3nc(-c4ccccc4)c4cc(Br)ccc4n3)c2)c(C(=O)c2ccccc2)c1. The second-order valence-corrected chi connectivity index (χ2v) is 10.7. The summed E-state index contributed by atoms with van der Waals surface area (Å²) in [5.74, 6) is -0.0749. The molecule has 6 rings (SSSR count). The Morgan fingerprint density at radius 2 is 1.45 bits per heavy atom. The molecule has 0 atom stereocenters. The number of rotatable bonds is 7. The van der Waals surface area contributed by atoms with Crippen LogP contribution in [-0.2, 0) is 0 Å². The third-order valence-electron chi connectivity index (χ3n) is 6.79. The van der Waals surface area contributed by atoms with Crippen LogP contribution in [0.15, 0.2) is 126 Å². The van der Waals surface area contributed by atoms with Crippen molar-refractivity contribution < 1.29 is 9.59 Å². The van der Waals surface area contributed by atoms with Crippen molar-refractivity contribution in [2.24, 2.45) is 0 Å². The molecule has 204 valence electrons. The zero-order valence-corrected chi connectivity index (χ0v) is 24.2. The maximum Gasteiger partial charge on any atom is 0.255 e. The van der Waals surface area contributed by atoms with Crippen LogP contribution in [0.4, 0.5) is 17.3 Å². The van der Waals surface area contributed by atoms with Gasteiger partial charge in [0.05, 0.1) is 16.9 Å². The lowest BCUT2D eigenvalue weighted by Gasteiger charge is -2.13. The number of hydrogen-bond donors (Lipinski definition) is 2. The highest BCUT2D eigenvalue weighted by atomic mass is 79.9. The van der Waals surface area contributed by atoms with E-state index in [2.05, 4.69) is 26.6 Å². The van der Waals surface area contributed by atoms with Crippen LogP contribution in [0.3, 0.4) is 0 Å². The number of halogens is 1. The van der Waals surface area contributed by atoms with E-state index in [0.717, 1.165) is 32.2 Å². The van der Waals surface area contributed by atoms with Gasteiger partial charge in [0.1, 0.15) is 0 Å². The van der Waals surface area contributed by atoms with E-state index in [1.165, 1.54) is 0 Å². The van der Waals surface area contributed by atoms with E-state index >= 15 is 0 Å². The van der Waals surface area contributed by atoms with Gasteiger partial charge in [0, 0.05) is 37.8 Å². The summed E-state index contributed by atoms with van der Waals surface area (Å²) in [6, 6.07) is 37.4. The summed E-state index contributed by atoms with van der Waals surface area (Å²) in [4.78, 5) is 36.2. The first-order chi connectivity index (χ1) is 20.4. The van der Waals surface area contributed by atoms with E-state index in [9.17, 15) is 9.59 Å². The number of amides is 1. The summed E-state index contributed by atoms with van der Waals surface area (Å²) in [6.07, 6.45) is 0. The van der Waals surface area contributed by atoms with E-state index in [1.807, 2.05) is 85.8 Å². The second-order valence-electron chi connectivity index (χ2n) is 9.83. The number of aryl methyl sites for hydroxylation is 1. The monoisotopic (exact) mass is 612 g/mol. The quantitative estimate of drug-likeness (QED) is 0.176. The first-order valence-electron chi connectivity index (χ1n) is 13.4. The van der Waals surface area contributed by atoms with Crippen LogP contribution in [0, 0.1) is 6.92 Å². The molecule has 0 spiro atoms. The number of hydrogen-bond acceptors (Lipinski definition) is 5. The molecule has 42 heavy (non-hydrogen) atoms. The van der Waals surface area contributed by atoms with Crippen molar-refractivity contribution in [3.8, 4) is 11.3 Å². The summed E-state index contributed by atoms with van der Waals surface area (Å²) in [6.45, 7) is 1.92. The van der Waals surface area contributed by atoms with Gasteiger partial charge in [-0.25, -0.2) is 9.97 Å². The summed E-state index contributed by atoms with van der Waals surface area (Å²) < 4.78 is 0.942. The molecule has 0 aliphatic heterocycles. The van der Waals surface area contributed by atoms with Crippen molar-refractivity contribution in [2.75, 3.05) is 10.6 Å². The fourth-order valence-corrected chi connectivity index (χ4v) is 5.10. The molecule has 1 amide bonds. The molecule has 0 saturated carbocycles. The molecule has 6 aromatic rings. The standard InChI is InChI=1S/C35H25BrN4O2/c1-22-15-17-31(29(19-22)33(41)24-11-6-3-7-12-24)38-34(42)25-13-8-14-27(20-25)37-35-39-30-18-16-26(36)21-28(30)32(40-35)23-9-4-2-5-10-23/h2-21H,1H3,(H,38,42)(H,37,39,40). The summed E-state index contributed by atoms with van der Waals surface area (Å²) >= 11 is 3.56. The van der Waals surface area contributed by atoms with Gasteiger partial charge in [0.2, 0.25) is 5.95 Å². The topological polar surface area (TPSA) is 84.0 Å². The van der Waals surface area contributed by atoms with Gasteiger partial charge in [0.15, 0.2) is 5.78 Å². The molecule has 0 bridgehead atoms. The third kappa shape index (κ3) is 5.82. The zero-order chi connectivity index (χ0) is 29.1. The van der Waals surface area contributed by atoms with Gasteiger partial charge in [-0.2, -0.15) is 0 Å². The Morgan fingerprint density at radius 3 is 2.24 bits per heavy atom. The molecule has 1 heterocycles. The smallest absolute Gasteiger partial charge is 0.255 e. The lowest BCUT2D eigenvalue weighted by atomic mass is 9.99. The van der Waals surface area contributed by atoms with Crippen molar-refractivity contribution in [1.29, 1.82) is 0 Å². The average molecular weight is 614 g/mol. The minimum Gasteiger partial charge on any atom is -0.324 e. The van der Waals surface area contributed by atoms with Crippen LogP contribution < -0.4 is 10.6 Å². The summed E-state index contributed by atoms with van der Waals surface area (Å²) in [5, 5.41) is 7.13. The number of anilines is 3. The van der Waals surface area contributed by atoms with Crippen molar-refractivity contribution in [3.05, 3.63) is 148 Å². The van der Waals surface area contributed by atoms with Gasteiger partial charge in [-0.3, -0.25) is 9.59 Å². The molecule has 0 aliphatic carbocycles. The van der Waals surface area contributed by atoms with Crippen molar-refractivity contribution >= 4 is 55.8 Å². The Labute approximate surface area is 251 Å². The highest BCUT2D eigenvalue weighted by molar-refractivity contribution is 9.10. The molecule has 0 unspecified atom stereocenters. The molecular weight excluding hydrogens is 588 g/mol. The number of carbonyl (C=O) groups excluding carboxylic acids is 2. The first kappa shape index (κ1) is 27.1. The molecule has 1 aromatic heterocycles. The maximum atomic E-state index is 13.4. The molecule has 6 nitrogen and oxygen atoms in total. The van der Waals surface area contributed by atoms with E-state index in [1.54, 1.807) is 42.5 Å². The minimum absolute atomic E-state index is 0.153. The first-order valence-corrected chi connectivity index (χ1v) is 14.2. The number of nitrogens with zero attached hydrogens (tertiary/aromatic N) is 2. The van der Waals surface area contributed by atoms with Gasteiger partial charge in [0.25, 0.3) is 5.91 Å². The number of carbonyl (C=O) groups is 2. The van der Waals surface area contributed by atoms with Crippen LogP contribution >= 0.6 is 15.9 Å². The van der Waals surface area contributed by atoms with Gasteiger partial charge < -0.3 is 10.6 Å². The number of ketones is 1. The fourth-order valence-electron chi connectivity index (χ4n) is 4.73. The Kier molecular flexibility index (Phi) is 7.58. The fraction of sp³-hybridized carbons (Fsp3) is 0.0286. The van der Waals surface area contributed by atoms with E-state index in [4.69, 9.17) is 9.97 Å². The Hall–Kier alpha value is -5.14. The van der Waals surface area contributed by atoms with E-state index in [0.29, 0.717) is 34.0 Å². The lowest BCUT2D eigenvalue weighted by Crippen LogP contribution is -2.15. The van der Waals surface area contributed by atoms with E-state index in [-0.39, 0.29) is 11.7 Å². The summed E-state index contributed by atoms with van der Waals surface area (Å²) in [7, 11) is 0. The normalized spacial score (nSPS) is 10.8. The number of nitrogens with one attached hydrogen (secondary N) is 2. The van der Waals surface area contributed by atoms with Gasteiger partial charge >= 0.3 is 0 Å². The molecular formula is C35H25BrN4O2. The molecule has 0 aliphatic rings. The lowest BCUT2D eigenvalue weighted by molar-refractivity contribution is 0.102. The van der Waals surface area contributed by atoms with Crippen LogP contribution in [0.1, 0.15) is 31.8 Å². The number of fused-ring (bicyclic) bond motifs is 1. The molecule has 0 saturated heterocycles. The molecule has 2 N–H and O–H groups in total. The highest BCUT2D eigenvalue weighted by Gasteiger charge is 2.17. The van der Waals surface area contributed by atoms with Crippen molar-refractivity contribution in [3.63, 3.8) is 0 Å². The Bertz CT molecular complexity index is 1940. The minimum atomic E-state index is -0.334. The third-order valence-corrected chi connectivity index (χ3v) is 7.28. The predicted octanol–water partition coefficient (Wildman–Crippen LogP) is 8.59. The van der Waals surface area contributed by atoms with Crippen molar-refractivity contribution in [2.45, 2.75) is 6.92 Å².